The average molecular weight is 304 g/mol. The quantitative estimate of drug-likeness (QED) is 0.732. The Labute approximate surface area is 134 Å². The van der Waals surface area contributed by atoms with Crippen molar-refractivity contribution in [3.63, 3.8) is 0 Å². The van der Waals surface area contributed by atoms with Gasteiger partial charge in [0, 0.05) is 23.9 Å². The largest absolute Gasteiger partial charge is 0.325 e. The second kappa shape index (κ2) is 6.42. The first-order valence-electron chi connectivity index (χ1n) is 7.38. The maximum absolute atomic E-state index is 12.1. The minimum Gasteiger partial charge on any atom is -0.325 e. The molecule has 0 spiro atoms. The van der Waals surface area contributed by atoms with Crippen molar-refractivity contribution in [2.75, 3.05) is 5.32 Å². The molecular formula is C18H16N4O. The Bertz CT molecular complexity index is 820. The Hall–Kier alpha value is -2.97. The van der Waals surface area contributed by atoms with Crippen molar-refractivity contribution in [1.82, 2.24) is 4.98 Å². The molecule has 0 fully saturated rings. The van der Waals surface area contributed by atoms with E-state index in [0.717, 1.165) is 16.8 Å². The fourth-order valence-electron chi connectivity index (χ4n) is 2.54. The van der Waals surface area contributed by atoms with Gasteiger partial charge in [-0.05, 0) is 42.3 Å². The summed E-state index contributed by atoms with van der Waals surface area (Å²) < 4.78 is 0. The van der Waals surface area contributed by atoms with Gasteiger partial charge in [-0.15, -0.1) is 0 Å². The zero-order chi connectivity index (χ0) is 16.2. The van der Waals surface area contributed by atoms with Gasteiger partial charge in [-0.2, -0.15) is 5.26 Å². The van der Waals surface area contributed by atoms with Gasteiger partial charge in [-0.3, -0.25) is 9.78 Å². The highest BCUT2D eigenvalue weighted by Gasteiger charge is 2.13. The van der Waals surface area contributed by atoms with Crippen molar-refractivity contribution < 1.29 is 4.79 Å². The summed E-state index contributed by atoms with van der Waals surface area (Å²) in [5, 5.41) is 12.0. The van der Waals surface area contributed by atoms with Crippen molar-refractivity contribution in [1.29, 1.82) is 5.26 Å². The first kappa shape index (κ1) is 14.9. The van der Waals surface area contributed by atoms with Crippen LogP contribution in [0.2, 0.25) is 0 Å². The fraction of sp³-hybridized carbons (Fsp3) is 0.167. The van der Waals surface area contributed by atoms with Crippen LogP contribution in [0.25, 0.3) is 11.1 Å². The number of fused-ring (bicyclic) bond motifs is 4. The average Bonchev–Trinajstić information content (AvgIpc) is 2.58. The molecule has 0 unspecified atom stereocenters. The van der Waals surface area contributed by atoms with Gasteiger partial charge in [0.25, 0.3) is 0 Å². The molecule has 1 aliphatic heterocycles. The van der Waals surface area contributed by atoms with Gasteiger partial charge in [-0.25, -0.2) is 0 Å². The highest BCUT2D eigenvalue weighted by molar-refractivity contribution is 5.96. The normalized spacial score (nSPS) is 18.6. The number of rotatable bonds is 0. The lowest BCUT2D eigenvalue weighted by molar-refractivity contribution is -0.115. The molecule has 0 saturated heterocycles. The Morgan fingerprint density at radius 1 is 1.26 bits per heavy atom. The molecule has 0 aliphatic carbocycles. The maximum Gasteiger partial charge on any atom is 0.228 e. The Morgan fingerprint density at radius 2 is 2.13 bits per heavy atom. The number of hydrogen-bond donors (Lipinski definition) is 2. The van der Waals surface area contributed by atoms with Gasteiger partial charge in [0.15, 0.2) is 0 Å². The number of hydrogen-bond acceptors (Lipinski definition) is 4. The standard InChI is InChI=1S/C18H16N4O/c19-11-12-5-6-16-14(9-12)13-7-8-21-17(10-13)15(20)3-1-2-4-18(23)22-16/h1-2,5-10,15H,3-4,20H2,(H,22,23)/b2-1+/t15-/m0/s1. The minimum atomic E-state index is -0.226. The molecule has 1 aromatic heterocycles. The molecular weight excluding hydrogens is 288 g/mol. The lowest BCUT2D eigenvalue weighted by Gasteiger charge is -2.15. The number of nitriles is 1. The van der Waals surface area contributed by atoms with Crippen LogP contribution in [-0.4, -0.2) is 10.9 Å². The number of aromatic nitrogens is 1. The highest BCUT2D eigenvalue weighted by Crippen LogP contribution is 2.31. The Kier molecular flexibility index (Phi) is 4.18. The van der Waals surface area contributed by atoms with Crippen molar-refractivity contribution >= 4 is 11.6 Å². The van der Waals surface area contributed by atoms with Crippen LogP contribution >= 0.6 is 0 Å². The molecule has 1 amide bonds. The predicted molar refractivity (Wildman–Crippen MR) is 88.3 cm³/mol. The molecule has 2 bridgehead atoms. The summed E-state index contributed by atoms with van der Waals surface area (Å²) in [6.07, 6.45) is 6.32. The minimum absolute atomic E-state index is 0.101. The zero-order valence-corrected chi connectivity index (χ0v) is 12.5. The first-order chi connectivity index (χ1) is 11.2. The number of anilines is 1. The summed E-state index contributed by atoms with van der Waals surface area (Å²) in [4.78, 5) is 16.4. The molecule has 23 heavy (non-hydrogen) atoms. The molecule has 1 aliphatic rings. The number of carbonyl (C=O) groups excluding carboxylic acids is 1. The van der Waals surface area contributed by atoms with E-state index in [1.807, 2.05) is 24.3 Å². The molecule has 2 aromatic rings. The van der Waals surface area contributed by atoms with Crippen LogP contribution in [-0.2, 0) is 4.79 Å². The first-order valence-corrected chi connectivity index (χ1v) is 7.38. The monoisotopic (exact) mass is 304 g/mol. The van der Waals surface area contributed by atoms with E-state index in [1.165, 1.54) is 0 Å². The molecule has 5 nitrogen and oxygen atoms in total. The molecule has 114 valence electrons. The number of nitrogens with two attached hydrogens (primary N) is 1. The van der Waals surface area contributed by atoms with Crippen LogP contribution in [0.1, 0.15) is 30.1 Å². The molecule has 2 heterocycles. The molecule has 0 saturated carbocycles. The topological polar surface area (TPSA) is 91.8 Å². The van der Waals surface area contributed by atoms with Crippen LogP contribution < -0.4 is 11.1 Å². The lowest BCUT2D eigenvalue weighted by Crippen LogP contribution is -2.13. The van der Waals surface area contributed by atoms with Gasteiger partial charge in [0.2, 0.25) is 5.91 Å². The van der Waals surface area contributed by atoms with E-state index in [1.54, 1.807) is 24.4 Å². The van der Waals surface area contributed by atoms with E-state index in [9.17, 15) is 4.79 Å². The fourth-order valence-corrected chi connectivity index (χ4v) is 2.54. The van der Waals surface area contributed by atoms with Crippen molar-refractivity contribution in [2.45, 2.75) is 18.9 Å². The van der Waals surface area contributed by atoms with Gasteiger partial charge < -0.3 is 11.1 Å². The zero-order valence-electron chi connectivity index (χ0n) is 12.5. The van der Waals surface area contributed by atoms with E-state index in [-0.39, 0.29) is 18.4 Å². The van der Waals surface area contributed by atoms with Crippen molar-refractivity contribution in [2.24, 2.45) is 5.73 Å². The summed E-state index contributed by atoms with van der Waals surface area (Å²) in [5.41, 5.74) is 9.82. The molecule has 5 heteroatoms. The van der Waals surface area contributed by atoms with Gasteiger partial charge in [0.1, 0.15) is 0 Å². The number of carbonyl (C=O) groups is 1. The van der Waals surface area contributed by atoms with Crippen LogP contribution in [0.3, 0.4) is 0 Å². The summed E-state index contributed by atoms with van der Waals surface area (Å²) in [6.45, 7) is 0. The van der Waals surface area contributed by atoms with E-state index >= 15 is 0 Å². The smallest absolute Gasteiger partial charge is 0.228 e. The number of amides is 1. The van der Waals surface area contributed by atoms with Crippen LogP contribution in [0.4, 0.5) is 5.69 Å². The van der Waals surface area contributed by atoms with Gasteiger partial charge in [-0.1, -0.05) is 12.2 Å². The van der Waals surface area contributed by atoms with E-state index < -0.39 is 0 Å². The van der Waals surface area contributed by atoms with Gasteiger partial charge in [0.05, 0.1) is 23.4 Å². The molecule has 3 N–H and O–H groups in total. The lowest BCUT2D eigenvalue weighted by atomic mass is 9.99. The summed E-state index contributed by atoms with van der Waals surface area (Å²) in [6, 6.07) is 10.9. The second-order valence-electron chi connectivity index (χ2n) is 5.41. The van der Waals surface area contributed by atoms with E-state index in [0.29, 0.717) is 17.7 Å². The molecule has 0 radical (unpaired) electrons. The Balaban J connectivity index is 2.17. The summed E-state index contributed by atoms with van der Waals surface area (Å²) in [7, 11) is 0. The van der Waals surface area contributed by atoms with Crippen LogP contribution in [0, 0.1) is 11.3 Å². The van der Waals surface area contributed by atoms with E-state index in [4.69, 9.17) is 11.0 Å². The number of nitrogens with one attached hydrogen (secondary N) is 1. The predicted octanol–water partition coefficient (Wildman–Crippen LogP) is 2.91. The third-order valence-electron chi connectivity index (χ3n) is 3.75. The van der Waals surface area contributed by atoms with Crippen LogP contribution in [0.15, 0.2) is 48.7 Å². The summed E-state index contributed by atoms with van der Waals surface area (Å²) in [5.74, 6) is -0.101. The number of benzene rings is 1. The molecule has 1 atom stereocenters. The van der Waals surface area contributed by atoms with Crippen LogP contribution in [0.5, 0.6) is 0 Å². The Morgan fingerprint density at radius 3 is 2.96 bits per heavy atom. The third kappa shape index (κ3) is 3.28. The van der Waals surface area contributed by atoms with Gasteiger partial charge >= 0.3 is 0 Å². The third-order valence-corrected chi connectivity index (χ3v) is 3.75. The van der Waals surface area contributed by atoms with Crippen molar-refractivity contribution in [3.8, 4) is 17.2 Å². The number of nitrogens with zero attached hydrogens (tertiary/aromatic N) is 2. The molecule has 1 aromatic carbocycles. The second-order valence-corrected chi connectivity index (χ2v) is 5.41. The number of pyridine rings is 1. The van der Waals surface area contributed by atoms with E-state index in [2.05, 4.69) is 16.4 Å². The highest BCUT2D eigenvalue weighted by atomic mass is 16.1. The SMILES string of the molecule is N#Cc1ccc2c(c1)-c1ccnc(c1)[C@@H](N)C/C=C/CC(=O)N2. The maximum atomic E-state index is 12.1. The molecule has 3 rings (SSSR count). The summed E-state index contributed by atoms with van der Waals surface area (Å²) >= 11 is 0. The van der Waals surface area contributed by atoms with Crippen molar-refractivity contribution in [3.05, 3.63) is 59.9 Å².